The molecule has 0 atom stereocenters. The SMILES string of the molecule is CCOC(CCN1CCCNCC1)OCC. The summed E-state index contributed by atoms with van der Waals surface area (Å²) in [7, 11) is 0. The van der Waals surface area contributed by atoms with Crippen molar-refractivity contribution < 1.29 is 9.47 Å². The molecule has 0 spiro atoms. The van der Waals surface area contributed by atoms with Crippen LogP contribution in [-0.2, 0) is 9.47 Å². The fourth-order valence-electron chi connectivity index (χ4n) is 2.00. The molecule has 1 N–H and O–H groups in total. The molecule has 1 rings (SSSR count). The van der Waals surface area contributed by atoms with Gasteiger partial charge in [0.15, 0.2) is 6.29 Å². The van der Waals surface area contributed by atoms with Gasteiger partial charge in [0.25, 0.3) is 0 Å². The lowest BCUT2D eigenvalue weighted by molar-refractivity contribution is -0.141. The van der Waals surface area contributed by atoms with Gasteiger partial charge in [-0.15, -0.1) is 0 Å². The highest BCUT2D eigenvalue weighted by atomic mass is 16.7. The lowest BCUT2D eigenvalue weighted by Crippen LogP contribution is -2.32. The molecule has 4 heteroatoms. The Hall–Kier alpha value is -0.160. The predicted octanol–water partition coefficient (Wildman–Crippen LogP) is 1.07. The topological polar surface area (TPSA) is 33.7 Å². The molecule has 0 aromatic rings. The van der Waals surface area contributed by atoms with Crippen LogP contribution >= 0.6 is 0 Å². The van der Waals surface area contributed by atoms with Crippen molar-refractivity contribution in [3.8, 4) is 0 Å². The van der Waals surface area contributed by atoms with Crippen LogP contribution < -0.4 is 5.32 Å². The Morgan fingerprint density at radius 3 is 2.56 bits per heavy atom. The van der Waals surface area contributed by atoms with Crippen LogP contribution in [0.2, 0.25) is 0 Å². The van der Waals surface area contributed by atoms with Gasteiger partial charge in [-0.1, -0.05) is 0 Å². The molecular weight excluding hydrogens is 204 g/mol. The first-order valence-electron chi connectivity index (χ1n) is 6.53. The van der Waals surface area contributed by atoms with E-state index in [1.807, 2.05) is 13.8 Å². The molecule has 0 aliphatic carbocycles. The fraction of sp³-hybridized carbons (Fsp3) is 1.00. The van der Waals surface area contributed by atoms with Crippen molar-refractivity contribution in [2.75, 3.05) is 45.9 Å². The van der Waals surface area contributed by atoms with Crippen LogP contribution in [0.25, 0.3) is 0 Å². The lowest BCUT2D eigenvalue weighted by Gasteiger charge is -2.23. The largest absolute Gasteiger partial charge is 0.353 e. The maximum Gasteiger partial charge on any atom is 0.158 e. The van der Waals surface area contributed by atoms with E-state index in [-0.39, 0.29) is 6.29 Å². The quantitative estimate of drug-likeness (QED) is 0.663. The third-order valence-corrected chi connectivity index (χ3v) is 2.82. The van der Waals surface area contributed by atoms with Crippen molar-refractivity contribution in [3.63, 3.8) is 0 Å². The Kier molecular flexibility index (Phi) is 7.76. The Morgan fingerprint density at radius 2 is 1.88 bits per heavy atom. The molecule has 0 saturated carbocycles. The molecule has 0 aromatic heterocycles. The Balaban J connectivity index is 2.18. The summed E-state index contributed by atoms with van der Waals surface area (Å²) in [5.74, 6) is 0. The summed E-state index contributed by atoms with van der Waals surface area (Å²) in [5, 5.41) is 3.41. The normalized spacial score (nSPS) is 18.9. The van der Waals surface area contributed by atoms with Crippen LogP contribution in [0.4, 0.5) is 0 Å². The zero-order valence-corrected chi connectivity index (χ0v) is 10.7. The van der Waals surface area contributed by atoms with Gasteiger partial charge in [-0.25, -0.2) is 0 Å². The maximum atomic E-state index is 5.54. The molecule has 1 aliphatic heterocycles. The summed E-state index contributed by atoms with van der Waals surface area (Å²) < 4.78 is 11.1. The fourth-order valence-corrected chi connectivity index (χ4v) is 2.00. The maximum absolute atomic E-state index is 5.54. The average molecular weight is 230 g/mol. The number of ether oxygens (including phenoxy) is 2. The number of nitrogens with zero attached hydrogens (tertiary/aromatic N) is 1. The van der Waals surface area contributed by atoms with E-state index in [9.17, 15) is 0 Å². The molecule has 0 radical (unpaired) electrons. The summed E-state index contributed by atoms with van der Waals surface area (Å²) in [6, 6.07) is 0. The Bertz CT molecular complexity index is 151. The van der Waals surface area contributed by atoms with Crippen molar-refractivity contribution in [2.24, 2.45) is 0 Å². The molecule has 16 heavy (non-hydrogen) atoms. The molecule has 0 amide bonds. The van der Waals surface area contributed by atoms with E-state index in [4.69, 9.17) is 9.47 Å². The van der Waals surface area contributed by atoms with E-state index in [1.54, 1.807) is 0 Å². The molecule has 1 saturated heterocycles. The summed E-state index contributed by atoms with van der Waals surface area (Å²) in [5.41, 5.74) is 0. The molecular formula is C12H26N2O2. The van der Waals surface area contributed by atoms with Gasteiger partial charge in [0.05, 0.1) is 0 Å². The van der Waals surface area contributed by atoms with Gasteiger partial charge in [0.1, 0.15) is 0 Å². The molecule has 0 unspecified atom stereocenters. The van der Waals surface area contributed by atoms with Crippen molar-refractivity contribution in [1.82, 2.24) is 10.2 Å². The molecule has 0 bridgehead atoms. The highest BCUT2D eigenvalue weighted by Crippen LogP contribution is 2.04. The smallest absolute Gasteiger partial charge is 0.158 e. The highest BCUT2D eigenvalue weighted by molar-refractivity contribution is 4.66. The van der Waals surface area contributed by atoms with Gasteiger partial charge in [-0.2, -0.15) is 0 Å². The number of nitrogens with one attached hydrogen (secondary N) is 1. The first kappa shape index (κ1) is 13.9. The number of rotatable bonds is 7. The van der Waals surface area contributed by atoms with Crippen molar-refractivity contribution in [1.29, 1.82) is 0 Å². The summed E-state index contributed by atoms with van der Waals surface area (Å²) in [6.45, 7) is 11.2. The summed E-state index contributed by atoms with van der Waals surface area (Å²) in [4.78, 5) is 2.49. The first-order chi connectivity index (χ1) is 7.86. The van der Waals surface area contributed by atoms with Gasteiger partial charge >= 0.3 is 0 Å². The first-order valence-corrected chi connectivity index (χ1v) is 6.53. The molecule has 4 nitrogen and oxygen atoms in total. The Labute approximate surface area is 99.3 Å². The minimum atomic E-state index is -0.0220. The van der Waals surface area contributed by atoms with Crippen LogP contribution in [0, 0.1) is 0 Å². The van der Waals surface area contributed by atoms with Crippen LogP contribution in [0.5, 0.6) is 0 Å². The number of hydrogen-bond donors (Lipinski definition) is 1. The van der Waals surface area contributed by atoms with Gasteiger partial charge in [-0.05, 0) is 33.4 Å². The zero-order valence-electron chi connectivity index (χ0n) is 10.7. The van der Waals surface area contributed by atoms with E-state index >= 15 is 0 Å². The second-order valence-corrected chi connectivity index (χ2v) is 4.07. The Morgan fingerprint density at radius 1 is 1.12 bits per heavy atom. The summed E-state index contributed by atoms with van der Waals surface area (Å²) in [6.07, 6.45) is 2.20. The summed E-state index contributed by atoms with van der Waals surface area (Å²) >= 11 is 0. The lowest BCUT2D eigenvalue weighted by atomic mass is 10.3. The third kappa shape index (κ3) is 5.80. The minimum Gasteiger partial charge on any atom is -0.353 e. The van der Waals surface area contributed by atoms with Crippen LogP contribution in [0.15, 0.2) is 0 Å². The van der Waals surface area contributed by atoms with Gasteiger partial charge in [-0.3, -0.25) is 0 Å². The van der Waals surface area contributed by atoms with Gasteiger partial charge in [0.2, 0.25) is 0 Å². The van der Waals surface area contributed by atoms with Gasteiger partial charge < -0.3 is 19.7 Å². The monoisotopic (exact) mass is 230 g/mol. The zero-order chi connectivity index (χ0) is 11.6. The van der Waals surface area contributed by atoms with E-state index < -0.39 is 0 Å². The van der Waals surface area contributed by atoms with Crippen LogP contribution in [0.1, 0.15) is 26.7 Å². The van der Waals surface area contributed by atoms with Crippen LogP contribution in [0.3, 0.4) is 0 Å². The van der Waals surface area contributed by atoms with E-state index in [0.29, 0.717) is 0 Å². The second-order valence-electron chi connectivity index (χ2n) is 4.07. The number of hydrogen-bond acceptors (Lipinski definition) is 4. The standard InChI is InChI=1S/C12H26N2O2/c1-3-15-12(16-4-2)6-10-14-9-5-7-13-8-11-14/h12-13H,3-11H2,1-2H3. The second kappa shape index (κ2) is 8.93. The van der Waals surface area contributed by atoms with E-state index in [1.165, 1.54) is 13.0 Å². The van der Waals surface area contributed by atoms with E-state index in [0.717, 1.165) is 45.8 Å². The molecule has 1 heterocycles. The van der Waals surface area contributed by atoms with Crippen molar-refractivity contribution in [3.05, 3.63) is 0 Å². The van der Waals surface area contributed by atoms with Crippen LogP contribution in [-0.4, -0.2) is 57.1 Å². The van der Waals surface area contributed by atoms with E-state index in [2.05, 4.69) is 10.2 Å². The van der Waals surface area contributed by atoms with Crippen molar-refractivity contribution in [2.45, 2.75) is 33.0 Å². The average Bonchev–Trinajstić information content (AvgIpc) is 2.55. The highest BCUT2D eigenvalue weighted by Gasteiger charge is 2.12. The molecule has 96 valence electrons. The third-order valence-electron chi connectivity index (χ3n) is 2.82. The van der Waals surface area contributed by atoms with Crippen molar-refractivity contribution >= 4 is 0 Å². The predicted molar refractivity (Wildman–Crippen MR) is 65.6 cm³/mol. The molecule has 1 aliphatic rings. The minimum absolute atomic E-state index is 0.0220. The van der Waals surface area contributed by atoms with Gasteiger partial charge in [0, 0.05) is 39.3 Å². The molecule has 1 fully saturated rings. The molecule has 0 aromatic carbocycles.